The Bertz CT molecular complexity index is 194. The van der Waals surface area contributed by atoms with Crippen molar-refractivity contribution in [3.8, 4) is 0 Å². The molecule has 6 heteroatoms. The molecule has 0 aromatic carbocycles. The van der Waals surface area contributed by atoms with Crippen LogP contribution in [0.3, 0.4) is 0 Å². The van der Waals surface area contributed by atoms with Crippen molar-refractivity contribution in [1.29, 1.82) is 0 Å². The molecule has 82 valence electrons. The number of carbonyl (C=O) groups is 1. The van der Waals surface area contributed by atoms with Crippen LogP contribution >= 0.6 is 0 Å². The van der Waals surface area contributed by atoms with E-state index in [1.165, 1.54) is 0 Å². The molecule has 1 rings (SSSR count). The smallest absolute Gasteiger partial charge is 0.122 e. The van der Waals surface area contributed by atoms with E-state index in [9.17, 15) is 20.1 Å². The molecule has 6 nitrogen and oxygen atoms in total. The Hall–Kier alpha value is -0.530. The van der Waals surface area contributed by atoms with E-state index in [4.69, 9.17) is 9.84 Å². The molecule has 0 aromatic rings. The van der Waals surface area contributed by atoms with Crippen LogP contribution in [0.15, 0.2) is 0 Å². The minimum Gasteiger partial charge on any atom is -0.394 e. The number of aldehydes is 1. The predicted octanol–water partition coefficient (Wildman–Crippen LogP) is -2.58. The summed E-state index contributed by atoms with van der Waals surface area (Å²) in [5.74, 6) is 0. The third-order valence-electron chi connectivity index (χ3n) is 2.32. The van der Waals surface area contributed by atoms with Gasteiger partial charge in [0, 0.05) is 6.42 Å². The molecule has 0 radical (unpaired) electrons. The van der Waals surface area contributed by atoms with Crippen LogP contribution in [0.2, 0.25) is 0 Å². The highest BCUT2D eigenvalue weighted by Gasteiger charge is 2.42. The van der Waals surface area contributed by atoms with Gasteiger partial charge in [0.15, 0.2) is 0 Å². The third kappa shape index (κ3) is 2.10. The van der Waals surface area contributed by atoms with Crippen molar-refractivity contribution >= 4 is 6.29 Å². The van der Waals surface area contributed by atoms with Crippen molar-refractivity contribution in [1.82, 2.24) is 0 Å². The second-order valence-electron chi connectivity index (χ2n) is 3.27. The molecule has 4 N–H and O–H groups in total. The Balaban J connectivity index is 2.67. The molecule has 1 heterocycles. The molecule has 2 unspecified atom stereocenters. The second kappa shape index (κ2) is 4.81. The van der Waals surface area contributed by atoms with Crippen molar-refractivity contribution in [3.05, 3.63) is 0 Å². The van der Waals surface area contributed by atoms with Crippen LogP contribution < -0.4 is 0 Å². The number of aliphatic hydroxyl groups excluding tert-OH is 4. The summed E-state index contributed by atoms with van der Waals surface area (Å²) >= 11 is 0. The van der Waals surface area contributed by atoms with E-state index in [-0.39, 0.29) is 6.42 Å². The molecule has 5 atom stereocenters. The maximum Gasteiger partial charge on any atom is 0.122 e. The van der Waals surface area contributed by atoms with Crippen molar-refractivity contribution in [2.45, 2.75) is 36.9 Å². The monoisotopic (exact) mass is 206 g/mol. The zero-order valence-corrected chi connectivity index (χ0v) is 7.48. The minimum atomic E-state index is -1.40. The molecule has 1 saturated heterocycles. The van der Waals surface area contributed by atoms with Crippen LogP contribution in [0.1, 0.15) is 6.42 Å². The van der Waals surface area contributed by atoms with Gasteiger partial charge in [0.2, 0.25) is 0 Å². The lowest BCUT2D eigenvalue weighted by Gasteiger charge is -2.39. The van der Waals surface area contributed by atoms with Gasteiger partial charge in [-0.15, -0.1) is 0 Å². The maximum atomic E-state index is 10.2. The van der Waals surface area contributed by atoms with E-state index < -0.39 is 37.1 Å². The van der Waals surface area contributed by atoms with Crippen LogP contribution in [-0.4, -0.2) is 63.8 Å². The van der Waals surface area contributed by atoms with Gasteiger partial charge in [-0.3, -0.25) is 0 Å². The average Bonchev–Trinajstić information content (AvgIpc) is 2.19. The minimum absolute atomic E-state index is 0.0819. The Morgan fingerprint density at radius 2 is 1.64 bits per heavy atom. The van der Waals surface area contributed by atoms with E-state index in [0.717, 1.165) is 0 Å². The molecule has 0 aliphatic carbocycles. The Labute approximate surface area is 80.7 Å². The van der Waals surface area contributed by atoms with E-state index >= 15 is 0 Å². The van der Waals surface area contributed by atoms with Crippen LogP contribution in [0.25, 0.3) is 0 Å². The summed E-state index contributed by atoms with van der Waals surface area (Å²) in [6.07, 6.45) is -5.41. The molecule has 0 spiro atoms. The molecule has 0 aromatic heterocycles. The lowest BCUT2D eigenvalue weighted by atomic mass is 9.94. The number of ether oxygens (including phenoxy) is 1. The highest BCUT2D eigenvalue weighted by Crippen LogP contribution is 2.22. The van der Waals surface area contributed by atoms with E-state index in [1.807, 2.05) is 0 Å². The summed E-state index contributed by atoms with van der Waals surface area (Å²) in [4.78, 5) is 10.2. The highest BCUT2D eigenvalue weighted by atomic mass is 16.5. The van der Waals surface area contributed by atoms with Gasteiger partial charge in [0.25, 0.3) is 0 Å². The normalized spacial score (nSPS) is 43.6. The standard InChI is InChI=1S/C8H14O6/c9-2-1-4-6(11)8(13)7(12)5(3-10)14-4/h2,4-8,10-13H,1,3H2/t4-,5?,6?,7-,8+/m0/s1. The van der Waals surface area contributed by atoms with Gasteiger partial charge in [-0.2, -0.15) is 0 Å². The number of hydrogen-bond donors (Lipinski definition) is 4. The first-order valence-electron chi connectivity index (χ1n) is 4.36. The van der Waals surface area contributed by atoms with Crippen molar-refractivity contribution in [3.63, 3.8) is 0 Å². The summed E-state index contributed by atoms with van der Waals surface area (Å²) < 4.78 is 5.03. The maximum absolute atomic E-state index is 10.2. The summed E-state index contributed by atoms with van der Waals surface area (Å²) in [6, 6.07) is 0. The first-order valence-corrected chi connectivity index (χ1v) is 4.36. The first-order chi connectivity index (χ1) is 6.61. The van der Waals surface area contributed by atoms with Crippen LogP contribution in [0, 0.1) is 0 Å². The van der Waals surface area contributed by atoms with Gasteiger partial charge in [0.05, 0.1) is 12.7 Å². The molecular formula is C8H14O6. The third-order valence-corrected chi connectivity index (χ3v) is 2.32. The first kappa shape index (κ1) is 11.5. The fraction of sp³-hybridized carbons (Fsp3) is 0.875. The van der Waals surface area contributed by atoms with Gasteiger partial charge >= 0.3 is 0 Å². The van der Waals surface area contributed by atoms with E-state index in [1.54, 1.807) is 0 Å². The van der Waals surface area contributed by atoms with Crippen molar-refractivity contribution in [2.75, 3.05) is 6.61 Å². The summed E-state index contributed by atoms with van der Waals surface area (Å²) in [7, 11) is 0. The van der Waals surface area contributed by atoms with Crippen LogP contribution in [0.5, 0.6) is 0 Å². The zero-order chi connectivity index (χ0) is 10.7. The fourth-order valence-electron chi connectivity index (χ4n) is 1.47. The van der Waals surface area contributed by atoms with Crippen molar-refractivity contribution in [2.24, 2.45) is 0 Å². The van der Waals surface area contributed by atoms with Crippen LogP contribution in [0.4, 0.5) is 0 Å². The van der Waals surface area contributed by atoms with Crippen LogP contribution in [-0.2, 0) is 9.53 Å². The number of carbonyl (C=O) groups excluding carboxylic acids is 1. The summed E-state index contributed by atoms with van der Waals surface area (Å²) in [5, 5.41) is 36.8. The molecule has 1 aliphatic heterocycles. The van der Waals surface area contributed by atoms with Gasteiger partial charge in [-0.1, -0.05) is 0 Å². The molecule has 14 heavy (non-hydrogen) atoms. The fourth-order valence-corrected chi connectivity index (χ4v) is 1.47. The summed E-state index contributed by atoms with van der Waals surface area (Å²) in [6.45, 7) is -0.472. The largest absolute Gasteiger partial charge is 0.394 e. The van der Waals surface area contributed by atoms with Crippen molar-refractivity contribution < 1.29 is 30.0 Å². The average molecular weight is 206 g/mol. The predicted molar refractivity (Wildman–Crippen MR) is 44.4 cm³/mol. The lowest BCUT2D eigenvalue weighted by Crippen LogP contribution is -2.58. The molecule has 0 amide bonds. The molecule has 1 fully saturated rings. The molecular weight excluding hydrogens is 192 g/mol. The Morgan fingerprint density at radius 1 is 1.07 bits per heavy atom. The Kier molecular flexibility index (Phi) is 3.97. The van der Waals surface area contributed by atoms with E-state index in [2.05, 4.69) is 0 Å². The lowest BCUT2D eigenvalue weighted by molar-refractivity contribution is -0.228. The summed E-state index contributed by atoms with van der Waals surface area (Å²) in [5.41, 5.74) is 0. The van der Waals surface area contributed by atoms with Gasteiger partial charge < -0.3 is 30.0 Å². The Morgan fingerprint density at radius 3 is 2.14 bits per heavy atom. The molecule has 1 aliphatic rings. The zero-order valence-electron chi connectivity index (χ0n) is 7.48. The molecule has 0 saturated carbocycles. The van der Waals surface area contributed by atoms with E-state index in [0.29, 0.717) is 6.29 Å². The molecule has 0 bridgehead atoms. The quantitative estimate of drug-likeness (QED) is 0.378. The number of aliphatic hydroxyl groups is 4. The van der Waals surface area contributed by atoms with Gasteiger partial charge in [0.1, 0.15) is 30.7 Å². The topological polar surface area (TPSA) is 107 Å². The van der Waals surface area contributed by atoms with Gasteiger partial charge in [-0.05, 0) is 0 Å². The number of hydrogen-bond acceptors (Lipinski definition) is 6. The number of rotatable bonds is 3. The second-order valence-corrected chi connectivity index (χ2v) is 3.27. The van der Waals surface area contributed by atoms with Gasteiger partial charge in [-0.25, -0.2) is 0 Å². The SMILES string of the molecule is O=CC[C@@H]1OC(CO)[C@H](O)[C@H](O)C1O. The highest BCUT2D eigenvalue weighted by molar-refractivity contribution is 5.50.